The first-order valence-electron chi connectivity index (χ1n) is 12.8. The fraction of sp³-hybridized carbons (Fsp3) is 0.133. The number of carbonyl (C=O) groups excluding carboxylic acids is 1. The van der Waals surface area contributed by atoms with Crippen molar-refractivity contribution < 1.29 is 13.2 Å². The topological polar surface area (TPSA) is 112 Å². The van der Waals surface area contributed by atoms with Gasteiger partial charge in [0.05, 0.1) is 28.5 Å². The molecule has 12 heteroatoms. The summed E-state index contributed by atoms with van der Waals surface area (Å²) in [5.41, 5.74) is 2.74. The lowest BCUT2D eigenvalue weighted by Gasteiger charge is -2.13. The van der Waals surface area contributed by atoms with Gasteiger partial charge in [-0.3, -0.25) is 14.3 Å². The highest BCUT2D eigenvalue weighted by Gasteiger charge is 2.31. The van der Waals surface area contributed by atoms with Crippen LogP contribution >= 0.6 is 11.6 Å². The van der Waals surface area contributed by atoms with Gasteiger partial charge in [0.25, 0.3) is 21.5 Å². The summed E-state index contributed by atoms with van der Waals surface area (Å²) < 4.78 is 33.0. The van der Waals surface area contributed by atoms with E-state index in [1.54, 1.807) is 93.8 Å². The number of pyridine rings is 2. The van der Waals surface area contributed by atoms with E-state index in [0.717, 1.165) is 0 Å². The molecule has 0 aliphatic heterocycles. The number of halogens is 1. The fourth-order valence-electron chi connectivity index (χ4n) is 5.16. The van der Waals surface area contributed by atoms with Gasteiger partial charge >= 0.3 is 0 Å². The lowest BCUT2D eigenvalue weighted by molar-refractivity contribution is 0.0827. The van der Waals surface area contributed by atoms with E-state index in [9.17, 15) is 18.0 Å². The smallest absolute Gasteiger partial charge is 0.269 e. The number of rotatable bonds is 5. The van der Waals surface area contributed by atoms with E-state index >= 15 is 0 Å². The van der Waals surface area contributed by atoms with E-state index in [-0.39, 0.29) is 21.5 Å². The molecule has 42 heavy (non-hydrogen) atoms. The van der Waals surface area contributed by atoms with Crippen molar-refractivity contribution in [2.75, 3.05) is 14.1 Å². The average molecular weight is 601 g/mol. The van der Waals surface area contributed by atoms with Gasteiger partial charge in [0.1, 0.15) is 5.02 Å². The number of hydrogen-bond acceptors (Lipinski definition) is 6. The summed E-state index contributed by atoms with van der Waals surface area (Å²) in [6, 6.07) is 16.6. The Kier molecular flexibility index (Phi) is 6.51. The number of amides is 1. The third kappa shape index (κ3) is 4.20. The van der Waals surface area contributed by atoms with E-state index in [2.05, 4.69) is 10.1 Å². The Morgan fingerprint density at radius 3 is 2.26 bits per heavy atom. The number of benzene rings is 2. The summed E-state index contributed by atoms with van der Waals surface area (Å²) in [6.07, 6.45) is 4.79. The Balaban J connectivity index is 1.84. The second-order valence-corrected chi connectivity index (χ2v) is 12.3. The van der Waals surface area contributed by atoms with Gasteiger partial charge in [-0.25, -0.2) is 17.4 Å². The van der Waals surface area contributed by atoms with Crippen LogP contribution < -0.4 is 5.56 Å². The molecule has 0 aliphatic carbocycles. The number of aromatic nitrogens is 5. The predicted octanol–water partition coefficient (Wildman–Crippen LogP) is 4.55. The number of nitrogens with zero attached hydrogens (tertiary/aromatic N) is 6. The Morgan fingerprint density at radius 2 is 1.64 bits per heavy atom. The molecule has 0 saturated carbocycles. The van der Waals surface area contributed by atoms with Crippen molar-refractivity contribution in [2.45, 2.75) is 4.90 Å². The molecule has 0 radical (unpaired) electrons. The van der Waals surface area contributed by atoms with Crippen molar-refractivity contribution in [3.8, 4) is 22.4 Å². The van der Waals surface area contributed by atoms with Crippen LogP contribution in [0, 0.1) is 0 Å². The third-order valence-electron chi connectivity index (χ3n) is 7.19. The minimum absolute atomic E-state index is 0.0167. The molecule has 4 heterocycles. The summed E-state index contributed by atoms with van der Waals surface area (Å²) >= 11 is 6.40. The van der Waals surface area contributed by atoms with Crippen LogP contribution in [0.15, 0.2) is 88.9 Å². The molecule has 0 spiro atoms. The monoisotopic (exact) mass is 600 g/mol. The van der Waals surface area contributed by atoms with Gasteiger partial charge in [0.2, 0.25) is 0 Å². The summed E-state index contributed by atoms with van der Waals surface area (Å²) in [6.45, 7) is 0. The highest BCUT2D eigenvalue weighted by atomic mass is 35.5. The van der Waals surface area contributed by atoms with E-state index in [1.165, 1.54) is 31.8 Å². The Morgan fingerprint density at radius 1 is 0.952 bits per heavy atom. The first-order valence-corrected chi connectivity index (χ1v) is 14.7. The largest absolute Gasteiger partial charge is 0.345 e. The lowest BCUT2D eigenvalue weighted by atomic mass is 9.97. The van der Waals surface area contributed by atoms with Crippen LogP contribution in [-0.4, -0.2) is 56.6 Å². The minimum Gasteiger partial charge on any atom is -0.345 e. The normalized spacial score (nSPS) is 11.8. The maximum atomic E-state index is 14.4. The molecule has 0 N–H and O–H groups in total. The third-order valence-corrected chi connectivity index (χ3v) is 9.16. The molecule has 0 bridgehead atoms. The molecule has 0 unspecified atom stereocenters. The maximum Gasteiger partial charge on any atom is 0.269 e. The molecule has 6 rings (SSSR count). The van der Waals surface area contributed by atoms with Crippen LogP contribution in [0.4, 0.5) is 0 Å². The van der Waals surface area contributed by atoms with Crippen molar-refractivity contribution in [1.82, 2.24) is 28.2 Å². The van der Waals surface area contributed by atoms with Crippen molar-refractivity contribution in [3.63, 3.8) is 0 Å². The second-order valence-electron chi connectivity index (χ2n) is 10.1. The van der Waals surface area contributed by atoms with Gasteiger partial charge in [0, 0.05) is 61.9 Å². The van der Waals surface area contributed by atoms with Crippen LogP contribution in [0.5, 0.6) is 0 Å². The highest BCUT2D eigenvalue weighted by molar-refractivity contribution is 7.90. The quantitative estimate of drug-likeness (QED) is 0.287. The van der Waals surface area contributed by atoms with Gasteiger partial charge in [-0.05, 0) is 35.9 Å². The number of hydrogen-bond donors (Lipinski definition) is 0. The van der Waals surface area contributed by atoms with E-state index in [1.807, 2.05) is 0 Å². The van der Waals surface area contributed by atoms with Gasteiger partial charge in [-0.2, -0.15) is 5.10 Å². The molecule has 6 aromatic rings. The van der Waals surface area contributed by atoms with Gasteiger partial charge in [0.15, 0.2) is 5.65 Å². The molecular formula is C30H25ClN6O4S. The van der Waals surface area contributed by atoms with Crippen molar-refractivity contribution in [2.24, 2.45) is 14.1 Å². The molecule has 4 aromatic heterocycles. The van der Waals surface area contributed by atoms with Crippen LogP contribution in [0.25, 0.3) is 44.3 Å². The standard InChI is InChI=1S/C30H25ClN6O4S/c1-34(2)29(38)19-12-10-18(11-13-19)25-26-22-14-23(31)30(39)36(4)24(22)16-32-28(26)37(27(25)20-15-33-35(3)17-20)42(40,41)21-8-6-5-7-9-21/h5-17H,1-4H3. The molecule has 2 aromatic carbocycles. The molecule has 212 valence electrons. The molecule has 0 fully saturated rings. The van der Waals surface area contributed by atoms with Crippen molar-refractivity contribution >= 4 is 49.5 Å². The fourth-order valence-corrected chi connectivity index (χ4v) is 6.91. The molecule has 0 atom stereocenters. The van der Waals surface area contributed by atoms with Crippen LogP contribution in [0.3, 0.4) is 0 Å². The number of carbonyl (C=O) groups is 1. The highest BCUT2D eigenvalue weighted by Crippen LogP contribution is 2.44. The van der Waals surface area contributed by atoms with Gasteiger partial charge in [-0.15, -0.1) is 0 Å². The Hall–Kier alpha value is -4.74. The average Bonchev–Trinajstić information content (AvgIpc) is 3.57. The minimum atomic E-state index is -4.20. The second kappa shape index (κ2) is 9.97. The summed E-state index contributed by atoms with van der Waals surface area (Å²) in [5.74, 6) is -0.169. The van der Waals surface area contributed by atoms with E-state index < -0.39 is 15.6 Å². The molecule has 1 amide bonds. The molecule has 10 nitrogen and oxygen atoms in total. The van der Waals surface area contributed by atoms with E-state index in [4.69, 9.17) is 11.6 Å². The molecular weight excluding hydrogens is 576 g/mol. The molecule has 0 aliphatic rings. The first-order chi connectivity index (χ1) is 20.0. The zero-order valence-electron chi connectivity index (χ0n) is 23.1. The first kappa shape index (κ1) is 27.4. The Bertz CT molecular complexity index is 2200. The van der Waals surface area contributed by atoms with Gasteiger partial charge < -0.3 is 9.47 Å². The lowest BCUT2D eigenvalue weighted by Crippen LogP contribution is -2.21. The predicted molar refractivity (Wildman–Crippen MR) is 162 cm³/mol. The van der Waals surface area contributed by atoms with E-state index in [0.29, 0.717) is 44.2 Å². The van der Waals surface area contributed by atoms with Crippen LogP contribution in [-0.2, 0) is 24.1 Å². The zero-order chi connectivity index (χ0) is 29.9. The Labute approximate surface area is 246 Å². The van der Waals surface area contributed by atoms with Gasteiger partial charge in [-0.1, -0.05) is 41.9 Å². The van der Waals surface area contributed by atoms with Crippen molar-refractivity contribution in [1.29, 1.82) is 0 Å². The molecule has 0 saturated heterocycles. The van der Waals surface area contributed by atoms with Crippen molar-refractivity contribution in [3.05, 3.63) is 100 Å². The summed E-state index contributed by atoms with van der Waals surface area (Å²) in [5, 5.41) is 5.33. The number of aryl methyl sites for hydroxylation is 2. The number of fused-ring (bicyclic) bond motifs is 3. The SMILES string of the molecule is CN(C)C(=O)c1ccc(-c2c(-c3cnn(C)c3)n(S(=O)(=O)c3ccccc3)c3ncc4c(cc(Cl)c(=O)n4C)c23)cc1. The summed E-state index contributed by atoms with van der Waals surface area (Å²) in [4.78, 5) is 31.6. The maximum absolute atomic E-state index is 14.4. The van der Waals surface area contributed by atoms with Crippen LogP contribution in [0.2, 0.25) is 5.02 Å². The summed E-state index contributed by atoms with van der Waals surface area (Å²) in [7, 11) is 2.48. The van der Waals surface area contributed by atoms with Crippen LogP contribution in [0.1, 0.15) is 10.4 Å². The zero-order valence-corrected chi connectivity index (χ0v) is 24.7.